The number of hydrogen-bond acceptors (Lipinski definition) is 7. The average molecular weight is 657 g/mol. The van der Waals surface area contributed by atoms with Gasteiger partial charge < -0.3 is 30.3 Å². The Balaban J connectivity index is 1.31. The van der Waals surface area contributed by atoms with Gasteiger partial charge in [-0.05, 0) is 94.1 Å². The summed E-state index contributed by atoms with van der Waals surface area (Å²) in [7, 11) is 0. The molecule has 0 aromatic heterocycles. The Morgan fingerprint density at radius 1 is 0.957 bits per heavy atom. The van der Waals surface area contributed by atoms with Crippen LogP contribution in [0, 0.1) is 11.8 Å². The van der Waals surface area contributed by atoms with E-state index >= 15 is 0 Å². The largest absolute Gasteiger partial charge is 0.494 e. The van der Waals surface area contributed by atoms with Crippen LogP contribution in [0.4, 0.5) is 17.1 Å². The van der Waals surface area contributed by atoms with Crippen LogP contribution >= 0.6 is 11.8 Å². The smallest absolute Gasteiger partial charge is 0.248 e. The van der Waals surface area contributed by atoms with Gasteiger partial charge >= 0.3 is 0 Å². The molecule has 0 radical (unpaired) electrons. The van der Waals surface area contributed by atoms with Gasteiger partial charge in [-0.15, -0.1) is 11.8 Å². The first-order valence-electron chi connectivity index (χ1n) is 16.7. The van der Waals surface area contributed by atoms with Crippen molar-refractivity contribution in [3.05, 3.63) is 84.4 Å². The summed E-state index contributed by atoms with van der Waals surface area (Å²) in [5.74, 6) is -1.31. The van der Waals surface area contributed by atoms with E-state index in [0.29, 0.717) is 36.6 Å². The molecule has 6 atom stereocenters. The molecule has 9 nitrogen and oxygen atoms in total. The van der Waals surface area contributed by atoms with Crippen LogP contribution < -0.4 is 20.3 Å². The SMILES string of the molecule is CCOc1ccc(NC(=O)[C@@H]2[C@@H]3CCC4(S3)C(C(=O)Nc3ccc(N(CC)CC)cc3)N([C@@H](CO)Cc3ccccc3)C(=O)[C@H]24)cc1. The molecule has 1 spiro atoms. The van der Waals surface area contributed by atoms with Crippen LogP contribution in [0.3, 0.4) is 0 Å². The number of aliphatic hydroxyl groups is 1. The quantitative estimate of drug-likeness (QED) is 0.232. The maximum Gasteiger partial charge on any atom is 0.248 e. The van der Waals surface area contributed by atoms with Crippen molar-refractivity contribution in [1.82, 2.24) is 4.90 Å². The van der Waals surface area contributed by atoms with E-state index in [-0.39, 0.29) is 29.6 Å². The number of carbonyl (C=O) groups excluding carboxylic acids is 3. The Hall–Kier alpha value is -4.02. The second kappa shape index (κ2) is 14.0. The Bertz CT molecular complexity index is 1570. The van der Waals surface area contributed by atoms with Crippen molar-refractivity contribution in [3.63, 3.8) is 0 Å². The van der Waals surface area contributed by atoms with Crippen LogP contribution in [0.25, 0.3) is 0 Å². The summed E-state index contributed by atoms with van der Waals surface area (Å²) in [4.78, 5) is 46.9. The molecule has 2 unspecified atom stereocenters. The Kier molecular flexibility index (Phi) is 9.80. The first kappa shape index (κ1) is 32.9. The third-order valence-electron chi connectivity index (χ3n) is 9.90. The van der Waals surface area contributed by atoms with Crippen LogP contribution in [-0.4, -0.2) is 76.1 Å². The molecule has 3 amide bonds. The summed E-state index contributed by atoms with van der Waals surface area (Å²) in [6.45, 7) is 8.12. The molecule has 2 bridgehead atoms. The van der Waals surface area contributed by atoms with Crippen molar-refractivity contribution < 1.29 is 24.2 Å². The maximum absolute atomic E-state index is 14.6. The Morgan fingerprint density at radius 3 is 2.21 bits per heavy atom. The lowest BCUT2D eigenvalue weighted by atomic mass is 9.70. The number of nitrogens with zero attached hydrogens (tertiary/aromatic N) is 2. The van der Waals surface area contributed by atoms with Gasteiger partial charge in [0.25, 0.3) is 0 Å². The first-order valence-corrected chi connectivity index (χ1v) is 17.6. The number of carbonyl (C=O) groups is 3. The summed E-state index contributed by atoms with van der Waals surface area (Å²) < 4.78 is 4.76. The highest BCUT2D eigenvalue weighted by molar-refractivity contribution is 8.02. The lowest BCUT2D eigenvalue weighted by molar-refractivity contribution is -0.141. The fraction of sp³-hybridized carbons (Fsp3) is 0.432. The first-order chi connectivity index (χ1) is 22.8. The maximum atomic E-state index is 14.6. The zero-order valence-electron chi connectivity index (χ0n) is 27.2. The predicted octanol–water partition coefficient (Wildman–Crippen LogP) is 5.20. The van der Waals surface area contributed by atoms with Crippen LogP contribution in [0.2, 0.25) is 0 Å². The van der Waals surface area contributed by atoms with E-state index in [0.717, 1.165) is 30.8 Å². The number of likely N-dealkylation sites (tertiary alicyclic amines) is 1. The number of thioether (sulfide) groups is 1. The number of fused-ring (bicyclic) bond motifs is 1. The van der Waals surface area contributed by atoms with Gasteiger partial charge in [0.05, 0.1) is 35.8 Å². The minimum absolute atomic E-state index is 0.0841. The second-order valence-electron chi connectivity index (χ2n) is 12.5. The molecule has 3 fully saturated rings. The van der Waals surface area contributed by atoms with E-state index in [1.54, 1.807) is 28.8 Å². The molecule has 0 aliphatic carbocycles. The van der Waals surface area contributed by atoms with Gasteiger partial charge in [0, 0.05) is 35.4 Å². The van der Waals surface area contributed by atoms with Gasteiger partial charge in [0.15, 0.2) is 0 Å². The molecule has 10 heteroatoms. The van der Waals surface area contributed by atoms with Crippen molar-refractivity contribution >= 4 is 46.5 Å². The zero-order chi connectivity index (χ0) is 33.1. The molecular formula is C37H44N4O5S. The third-order valence-corrected chi connectivity index (χ3v) is 11.9. The monoisotopic (exact) mass is 656 g/mol. The fourth-order valence-electron chi connectivity index (χ4n) is 7.80. The van der Waals surface area contributed by atoms with Crippen molar-refractivity contribution in [2.24, 2.45) is 11.8 Å². The average Bonchev–Trinajstić information content (AvgIpc) is 3.74. The molecule has 47 heavy (non-hydrogen) atoms. The van der Waals surface area contributed by atoms with E-state index in [2.05, 4.69) is 29.4 Å². The van der Waals surface area contributed by atoms with Crippen molar-refractivity contribution in [2.45, 2.75) is 62.1 Å². The van der Waals surface area contributed by atoms with Gasteiger partial charge in [-0.2, -0.15) is 0 Å². The number of rotatable bonds is 13. The molecule has 248 valence electrons. The molecule has 3 aromatic rings. The Labute approximate surface area is 281 Å². The van der Waals surface area contributed by atoms with Gasteiger partial charge in [-0.1, -0.05) is 30.3 Å². The third kappa shape index (κ3) is 6.21. The standard InChI is InChI=1S/C37H44N4O5S/c1-4-40(5-2)27-16-12-25(13-17-27)39-35(44)33-37-21-20-30(47-37)31(34(43)38-26-14-18-29(19-15-26)46-6-3)32(37)36(45)41(33)28(23-42)22-24-10-8-7-9-11-24/h7-19,28,30-33,42H,4-6,20-23H2,1-3H3,(H,38,43)(H,39,44)/t28-,30+,31-,32+,33?,37?/m1/s1. The lowest BCUT2D eigenvalue weighted by Crippen LogP contribution is -2.55. The van der Waals surface area contributed by atoms with Gasteiger partial charge in [0.2, 0.25) is 17.7 Å². The van der Waals surface area contributed by atoms with Gasteiger partial charge in [-0.25, -0.2) is 0 Å². The van der Waals surface area contributed by atoms with Gasteiger partial charge in [-0.3, -0.25) is 14.4 Å². The number of ether oxygens (including phenoxy) is 1. The summed E-state index contributed by atoms with van der Waals surface area (Å²) in [6.07, 6.45) is 1.77. The van der Waals surface area contributed by atoms with Crippen LogP contribution in [0.1, 0.15) is 39.2 Å². The van der Waals surface area contributed by atoms with Crippen LogP contribution in [0.5, 0.6) is 5.75 Å². The zero-order valence-corrected chi connectivity index (χ0v) is 28.0. The molecule has 3 heterocycles. The highest BCUT2D eigenvalue weighted by Crippen LogP contribution is 2.66. The van der Waals surface area contributed by atoms with E-state index in [1.165, 1.54) is 0 Å². The minimum Gasteiger partial charge on any atom is -0.494 e. The van der Waals surface area contributed by atoms with E-state index in [9.17, 15) is 19.5 Å². The molecule has 3 aromatic carbocycles. The summed E-state index contributed by atoms with van der Waals surface area (Å²) in [5.41, 5.74) is 3.30. The lowest BCUT2D eigenvalue weighted by Gasteiger charge is -2.37. The number of aliphatic hydroxyl groups excluding tert-OH is 1. The molecular weight excluding hydrogens is 612 g/mol. The predicted molar refractivity (Wildman–Crippen MR) is 187 cm³/mol. The fourth-order valence-corrected chi connectivity index (χ4v) is 10.0. The molecule has 3 aliphatic heterocycles. The second-order valence-corrected chi connectivity index (χ2v) is 14.1. The number of nitrogens with one attached hydrogen (secondary N) is 2. The number of anilines is 3. The van der Waals surface area contributed by atoms with Crippen molar-refractivity contribution in [1.29, 1.82) is 0 Å². The van der Waals surface area contributed by atoms with Crippen LogP contribution in [0.15, 0.2) is 78.9 Å². The number of amides is 3. The molecule has 3 saturated heterocycles. The summed E-state index contributed by atoms with van der Waals surface area (Å²) >= 11 is 1.61. The summed E-state index contributed by atoms with van der Waals surface area (Å²) in [6, 6.07) is 23.2. The molecule has 0 saturated carbocycles. The topological polar surface area (TPSA) is 111 Å². The molecule has 6 rings (SSSR count). The van der Waals surface area contributed by atoms with Crippen molar-refractivity contribution in [2.75, 3.05) is 41.8 Å². The normalized spacial score (nSPS) is 24.9. The van der Waals surface area contributed by atoms with E-state index in [1.807, 2.05) is 73.7 Å². The highest BCUT2D eigenvalue weighted by atomic mass is 32.2. The Morgan fingerprint density at radius 2 is 1.60 bits per heavy atom. The minimum atomic E-state index is -0.846. The highest BCUT2D eigenvalue weighted by Gasteiger charge is 2.74. The number of benzene rings is 3. The summed E-state index contributed by atoms with van der Waals surface area (Å²) in [5, 5.41) is 16.8. The molecule has 3 N–H and O–H groups in total. The van der Waals surface area contributed by atoms with E-state index in [4.69, 9.17) is 4.74 Å². The van der Waals surface area contributed by atoms with Gasteiger partial charge in [0.1, 0.15) is 11.8 Å². The van der Waals surface area contributed by atoms with E-state index < -0.39 is 28.7 Å². The van der Waals surface area contributed by atoms with Crippen LogP contribution in [-0.2, 0) is 20.8 Å². The van der Waals surface area contributed by atoms with Crippen molar-refractivity contribution in [3.8, 4) is 5.75 Å². The molecule has 3 aliphatic rings. The number of hydrogen-bond donors (Lipinski definition) is 3.